The van der Waals surface area contributed by atoms with E-state index in [1.165, 1.54) is 0 Å². The van der Waals surface area contributed by atoms with E-state index in [9.17, 15) is 18.4 Å². The Balaban J connectivity index is 1.91. The Morgan fingerprint density at radius 2 is 1.96 bits per heavy atom. The lowest BCUT2D eigenvalue weighted by atomic mass is 9.76. The van der Waals surface area contributed by atoms with Crippen molar-refractivity contribution in [3.8, 4) is 0 Å². The molecule has 0 saturated heterocycles. The standard InChI is InChI=1S/C19H28F2N2O3/c1-12-8-13(2)26-16(12)17(25)22-11-19(6-5-7-19)23-15(24)10-18(3,4)9-14(20)21/h8,14H,5-7,9-11H2,1-4H3,(H,22,25)(H,23,24). The first kappa shape index (κ1) is 20.4. The third-order valence-electron chi connectivity index (χ3n) is 4.90. The third-order valence-corrected chi connectivity index (χ3v) is 4.90. The van der Waals surface area contributed by atoms with Crippen LogP contribution in [0, 0.1) is 19.3 Å². The number of carbonyl (C=O) groups is 2. The number of rotatable bonds is 8. The maximum Gasteiger partial charge on any atom is 0.287 e. The van der Waals surface area contributed by atoms with Crippen LogP contribution in [0.4, 0.5) is 8.78 Å². The largest absolute Gasteiger partial charge is 0.456 e. The minimum absolute atomic E-state index is 0.0313. The van der Waals surface area contributed by atoms with Crippen molar-refractivity contribution in [2.24, 2.45) is 5.41 Å². The van der Waals surface area contributed by atoms with Gasteiger partial charge in [0, 0.05) is 24.9 Å². The molecule has 0 atom stereocenters. The maximum atomic E-state index is 12.6. The Morgan fingerprint density at radius 1 is 1.31 bits per heavy atom. The number of nitrogens with one attached hydrogen (secondary N) is 2. The number of carbonyl (C=O) groups excluding carboxylic acids is 2. The van der Waals surface area contributed by atoms with Gasteiger partial charge < -0.3 is 15.1 Å². The van der Waals surface area contributed by atoms with Crippen LogP contribution in [0.15, 0.2) is 10.5 Å². The number of hydrogen-bond acceptors (Lipinski definition) is 3. The van der Waals surface area contributed by atoms with Crippen LogP contribution in [0.2, 0.25) is 0 Å². The highest BCUT2D eigenvalue weighted by atomic mass is 19.3. The molecule has 0 aliphatic heterocycles. The number of aryl methyl sites for hydroxylation is 2. The fraction of sp³-hybridized carbons (Fsp3) is 0.684. The van der Waals surface area contributed by atoms with Crippen molar-refractivity contribution in [2.45, 2.75) is 71.8 Å². The third kappa shape index (κ3) is 5.29. The van der Waals surface area contributed by atoms with E-state index in [1.54, 1.807) is 33.8 Å². The summed E-state index contributed by atoms with van der Waals surface area (Å²) in [6.45, 7) is 7.20. The number of amides is 2. The first-order valence-corrected chi connectivity index (χ1v) is 8.96. The molecule has 2 amide bonds. The predicted molar refractivity (Wildman–Crippen MR) is 94.3 cm³/mol. The quantitative estimate of drug-likeness (QED) is 0.732. The SMILES string of the molecule is Cc1cc(C)c(C(=O)NCC2(NC(=O)CC(C)(C)CC(F)F)CCC2)o1. The van der Waals surface area contributed by atoms with E-state index in [-0.39, 0.29) is 30.4 Å². The van der Waals surface area contributed by atoms with E-state index < -0.39 is 17.4 Å². The van der Waals surface area contributed by atoms with Crippen LogP contribution >= 0.6 is 0 Å². The van der Waals surface area contributed by atoms with Gasteiger partial charge in [-0.3, -0.25) is 9.59 Å². The van der Waals surface area contributed by atoms with E-state index in [2.05, 4.69) is 10.6 Å². The van der Waals surface area contributed by atoms with Crippen LogP contribution in [-0.4, -0.2) is 30.3 Å². The molecule has 1 aliphatic carbocycles. The van der Waals surface area contributed by atoms with E-state index in [0.717, 1.165) is 24.8 Å². The second kappa shape index (κ2) is 7.76. The Bertz CT molecular complexity index is 664. The van der Waals surface area contributed by atoms with Gasteiger partial charge in [0.1, 0.15) is 5.76 Å². The molecule has 5 nitrogen and oxygen atoms in total. The average molecular weight is 370 g/mol. The van der Waals surface area contributed by atoms with Gasteiger partial charge in [0.15, 0.2) is 5.76 Å². The fourth-order valence-corrected chi connectivity index (χ4v) is 3.41. The predicted octanol–water partition coefficient (Wildman–Crippen LogP) is 3.74. The van der Waals surface area contributed by atoms with E-state index in [0.29, 0.717) is 12.3 Å². The van der Waals surface area contributed by atoms with Gasteiger partial charge in [-0.05, 0) is 44.6 Å². The molecule has 0 unspecified atom stereocenters. The first-order chi connectivity index (χ1) is 12.0. The monoisotopic (exact) mass is 370 g/mol. The van der Waals surface area contributed by atoms with Gasteiger partial charge in [-0.2, -0.15) is 0 Å². The minimum Gasteiger partial charge on any atom is -0.456 e. The Labute approximate surface area is 152 Å². The summed E-state index contributed by atoms with van der Waals surface area (Å²) in [5.41, 5.74) is -0.501. The van der Waals surface area contributed by atoms with Crippen LogP contribution in [-0.2, 0) is 4.79 Å². The molecule has 146 valence electrons. The molecule has 7 heteroatoms. The van der Waals surface area contributed by atoms with Crippen molar-refractivity contribution in [1.29, 1.82) is 0 Å². The van der Waals surface area contributed by atoms with Crippen molar-refractivity contribution in [2.75, 3.05) is 6.54 Å². The van der Waals surface area contributed by atoms with Gasteiger partial charge in [0.05, 0.1) is 5.54 Å². The summed E-state index contributed by atoms with van der Waals surface area (Å²) in [5.74, 6) is 0.380. The lowest BCUT2D eigenvalue weighted by Crippen LogP contribution is -2.60. The Morgan fingerprint density at radius 3 is 2.42 bits per heavy atom. The van der Waals surface area contributed by atoms with Gasteiger partial charge in [0.2, 0.25) is 12.3 Å². The fourth-order valence-electron chi connectivity index (χ4n) is 3.41. The van der Waals surface area contributed by atoms with Crippen molar-refractivity contribution in [3.05, 3.63) is 23.2 Å². The molecular weight excluding hydrogens is 342 g/mol. The van der Waals surface area contributed by atoms with E-state index in [4.69, 9.17) is 4.42 Å². The zero-order valence-electron chi connectivity index (χ0n) is 15.9. The summed E-state index contributed by atoms with van der Waals surface area (Å²) >= 11 is 0. The van der Waals surface area contributed by atoms with Crippen LogP contribution in [0.1, 0.15) is 67.8 Å². The summed E-state index contributed by atoms with van der Waals surface area (Å²) in [4.78, 5) is 24.6. The van der Waals surface area contributed by atoms with Gasteiger partial charge in [-0.15, -0.1) is 0 Å². The zero-order chi connectivity index (χ0) is 19.5. The number of alkyl halides is 2. The molecule has 0 aromatic carbocycles. The molecule has 0 spiro atoms. The lowest BCUT2D eigenvalue weighted by molar-refractivity contribution is -0.126. The Hall–Kier alpha value is -1.92. The smallest absolute Gasteiger partial charge is 0.287 e. The molecule has 2 N–H and O–H groups in total. The topological polar surface area (TPSA) is 71.3 Å². The number of halogens is 2. The van der Waals surface area contributed by atoms with Gasteiger partial charge in [-0.1, -0.05) is 13.8 Å². The highest BCUT2D eigenvalue weighted by Crippen LogP contribution is 2.33. The van der Waals surface area contributed by atoms with Crippen LogP contribution in [0.3, 0.4) is 0 Å². The van der Waals surface area contributed by atoms with Crippen LogP contribution in [0.25, 0.3) is 0 Å². The van der Waals surface area contributed by atoms with Crippen molar-refractivity contribution >= 4 is 11.8 Å². The summed E-state index contributed by atoms with van der Waals surface area (Å²) in [6, 6.07) is 1.79. The molecule has 1 fully saturated rings. The highest BCUT2D eigenvalue weighted by Gasteiger charge is 2.40. The molecular formula is C19H28F2N2O3. The Kier molecular flexibility index (Phi) is 6.09. The minimum atomic E-state index is -2.44. The summed E-state index contributed by atoms with van der Waals surface area (Å²) < 4.78 is 30.6. The lowest BCUT2D eigenvalue weighted by Gasteiger charge is -2.43. The molecule has 0 radical (unpaired) electrons. The molecule has 1 aromatic rings. The second-order valence-electron chi connectivity index (χ2n) is 8.17. The number of hydrogen-bond donors (Lipinski definition) is 2. The highest BCUT2D eigenvalue weighted by molar-refractivity contribution is 5.93. The molecule has 1 saturated carbocycles. The summed E-state index contributed by atoms with van der Waals surface area (Å²) in [7, 11) is 0. The molecule has 2 rings (SSSR count). The molecule has 0 bridgehead atoms. The summed E-state index contributed by atoms with van der Waals surface area (Å²) in [6.07, 6.45) is -0.260. The van der Waals surface area contributed by atoms with Crippen LogP contribution in [0.5, 0.6) is 0 Å². The van der Waals surface area contributed by atoms with Crippen molar-refractivity contribution in [3.63, 3.8) is 0 Å². The normalized spacial score (nSPS) is 16.3. The van der Waals surface area contributed by atoms with E-state index in [1.807, 2.05) is 0 Å². The number of furan rings is 1. The van der Waals surface area contributed by atoms with Crippen LogP contribution < -0.4 is 10.6 Å². The summed E-state index contributed by atoms with van der Waals surface area (Å²) in [5, 5.41) is 5.79. The van der Waals surface area contributed by atoms with Gasteiger partial charge >= 0.3 is 0 Å². The van der Waals surface area contributed by atoms with E-state index >= 15 is 0 Å². The molecule has 1 aromatic heterocycles. The van der Waals surface area contributed by atoms with Crippen molar-refractivity contribution in [1.82, 2.24) is 10.6 Å². The zero-order valence-corrected chi connectivity index (χ0v) is 15.9. The molecule has 26 heavy (non-hydrogen) atoms. The second-order valence-corrected chi connectivity index (χ2v) is 8.17. The maximum absolute atomic E-state index is 12.6. The van der Waals surface area contributed by atoms with Gasteiger partial charge in [-0.25, -0.2) is 8.78 Å². The molecule has 1 aliphatic rings. The van der Waals surface area contributed by atoms with Gasteiger partial charge in [0.25, 0.3) is 5.91 Å². The first-order valence-electron chi connectivity index (χ1n) is 8.96. The molecule has 1 heterocycles. The van der Waals surface area contributed by atoms with Crippen molar-refractivity contribution < 1.29 is 22.8 Å². The average Bonchev–Trinajstić information content (AvgIpc) is 2.78.